The Morgan fingerprint density at radius 1 is 1.16 bits per heavy atom. The zero-order chi connectivity index (χ0) is 17.2. The van der Waals surface area contributed by atoms with Gasteiger partial charge in [0.25, 0.3) is 0 Å². The molecule has 0 aliphatic rings. The van der Waals surface area contributed by atoms with Crippen LogP contribution in [0.25, 0.3) is 22.0 Å². The normalized spacial score (nSPS) is 10.5. The minimum atomic E-state index is 0.205. The first-order valence-corrected chi connectivity index (χ1v) is 7.56. The number of hydrogen-bond donors (Lipinski definition) is 3. The van der Waals surface area contributed by atoms with Crippen molar-refractivity contribution in [1.82, 2.24) is 20.2 Å². The number of aromatic amines is 1. The maximum absolute atomic E-state index is 9.15. The summed E-state index contributed by atoms with van der Waals surface area (Å²) in [4.78, 5) is 8.04. The van der Waals surface area contributed by atoms with E-state index >= 15 is 0 Å². The number of H-pyrrole nitrogens is 1. The molecule has 7 heteroatoms. The van der Waals surface area contributed by atoms with E-state index in [4.69, 9.17) is 11.0 Å². The van der Waals surface area contributed by atoms with Crippen LogP contribution in [0.3, 0.4) is 0 Å². The van der Waals surface area contributed by atoms with E-state index < -0.39 is 0 Å². The molecule has 120 valence electrons. The van der Waals surface area contributed by atoms with Gasteiger partial charge in [0.2, 0.25) is 5.95 Å². The lowest BCUT2D eigenvalue weighted by Crippen LogP contribution is -1.99. The molecular formula is C18H13N7. The Morgan fingerprint density at radius 3 is 2.92 bits per heavy atom. The van der Waals surface area contributed by atoms with Gasteiger partial charge in [-0.05, 0) is 35.9 Å². The average molecular weight is 327 g/mol. The van der Waals surface area contributed by atoms with Crippen molar-refractivity contribution >= 4 is 28.4 Å². The first-order chi connectivity index (χ1) is 12.2. The molecule has 0 amide bonds. The molecule has 4 rings (SSSR count). The van der Waals surface area contributed by atoms with Gasteiger partial charge in [-0.1, -0.05) is 12.1 Å². The summed E-state index contributed by atoms with van der Waals surface area (Å²) in [7, 11) is 0. The fraction of sp³-hybridized carbons (Fsp3) is 0. The number of anilines is 3. The van der Waals surface area contributed by atoms with Crippen LogP contribution in [0, 0.1) is 11.3 Å². The van der Waals surface area contributed by atoms with Crippen LogP contribution in [0.2, 0.25) is 0 Å². The van der Waals surface area contributed by atoms with Gasteiger partial charge in [0.05, 0.1) is 23.3 Å². The summed E-state index contributed by atoms with van der Waals surface area (Å²) in [6.07, 6.45) is 3.35. The van der Waals surface area contributed by atoms with Gasteiger partial charge in [0.1, 0.15) is 5.82 Å². The molecule has 25 heavy (non-hydrogen) atoms. The largest absolute Gasteiger partial charge is 0.368 e. The number of nitrogens with one attached hydrogen (secondary N) is 2. The Hall–Kier alpha value is -3.92. The van der Waals surface area contributed by atoms with Gasteiger partial charge in [0.15, 0.2) is 0 Å². The molecule has 2 aromatic heterocycles. The number of fused-ring (bicyclic) bond motifs is 1. The zero-order valence-electron chi connectivity index (χ0n) is 13.1. The lowest BCUT2D eigenvalue weighted by molar-refractivity contribution is 1.12. The number of benzene rings is 2. The van der Waals surface area contributed by atoms with Crippen LogP contribution < -0.4 is 11.1 Å². The molecule has 0 aliphatic heterocycles. The lowest BCUT2D eigenvalue weighted by Gasteiger charge is -2.10. The highest BCUT2D eigenvalue weighted by molar-refractivity contribution is 5.96. The van der Waals surface area contributed by atoms with Crippen LogP contribution in [0.5, 0.6) is 0 Å². The molecule has 0 bridgehead atoms. The smallest absolute Gasteiger partial charge is 0.221 e. The van der Waals surface area contributed by atoms with E-state index in [0.29, 0.717) is 11.4 Å². The number of nitrogen functional groups attached to an aromatic ring is 1. The molecule has 0 saturated heterocycles. The molecule has 2 heterocycles. The minimum Gasteiger partial charge on any atom is -0.368 e. The van der Waals surface area contributed by atoms with E-state index in [1.165, 1.54) is 0 Å². The highest BCUT2D eigenvalue weighted by Gasteiger charge is 2.10. The second-order valence-electron chi connectivity index (χ2n) is 5.48. The fourth-order valence-corrected chi connectivity index (χ4v) is 2.70. The number of nitriles is 1. The minimum absolute atomic E-state index is 0.205. The van der Waals surface area contributed by atoms with E-state index in [1.54, 1.807) is 24.5 Å². The Balaban J connectivity index is 1.83. The monoisotopic (exact) mass is 327 g/mol. The molecule has 0 unspecified atom stereocenters. The maximum atomic E-state index is 9.15. The van der Waals surface area contributed by atoms with E-state index in [1.807, 2.05) is 30.3 Å². The molecule has 4 aromatic rings. The van der Waals surface area contributed by atoms with Gasteiger partial charge in [-0.25, -0.2) is 4.98 Å². The summed E-state index contributed by atoms with van der Waals surface area (Å²) in [6.45, 7) is 0. The SMILES string of the molecule is N#Cc1cccc(-c2cc(Nc3ccnc(N)n3)cc3cn[nH]c23)c1. The third-order valence-electron chi connectivity index (χ3n) is 3.80. The van der Waals surface area contributed by atoms with Crippen molar-refractivity contribution in [3.05, 3.63) is 60.4 Å². The Morgan fingerprint density at radius 2 is 2.08 bits per heavy atom. The van der Waals surface area contributed by atoms with Crippen LogP contribution >= 0.6 is 0 Å². The molecule has 0 aliphatic carbocycles. The number of nitrogens with zero attached hydrogens (tertiary/aromatic N) is 4. The highest BCUT2D eigenvalue weighted by atomic mass is 15.1. The first-order valence-electron chi connectivity index (χ1n) is 7.56. The fourth-order valence-electron chi connectivity index (χ4n) is 2.70. The molecule has 0 spiro atoms. The van der Waals surface area contributed by atoms with Gasteiger partial charge in [-0.15, -0.1) is 0 Å². The van der Waals surface area contributed by atoms with Crippen molar-refractivity contribution in [1.29, 1.82) is 5.26 Å². The molecular weight excluding hydrogens is 314 g/mol. The molecule has 0 saturated carbocycles. The van der Waals surface area contributed by atoms with Gasteiger partial charge in [0, 0.05) is 22.8 Å². The third kappa shape index (κ3) is 2.84. The lowest BCUT2D eigenvalue weighted by atomic mass is 10.0. The van der Waals surface area contributed by atoms with Crippen molar-refractivity contribution in [2.45, 2.75) is 0 Å². The predicted octanol–water partition coefficient (Wildman–Crippen LogP) is 3.22. The molecule has 0 fully saturated rings. The predicted molar refractivity (Wildman–Crippen MR) is 96.0 cm³/mol. The highest BCUT2D eigenvalue weighted by Crippen LogP contribution is 2.32. The summed E-state index contributed by atoms with van der Waals surface area (Å²) >= 11 is 0. The quantitative estimate of drug-likeness (QED) is 0.532. The molecule has 2 aromatic carbocycles. The molecule has 7 nitrogen and oxygen atoms in total. The Bertz CT molecular complexity index is 1110. The molecule has 0 radical (unpaired) electrons. The molecule has 0 atom stereocenters. The summed E-state index contributed by atoms with van der Waals surface area (Å²) in [5.41, 5.74) is 9.85. The van der Waals surface area contributed by atoms with Gasteiger partial charge in [-0.3, -0.25) is 5.10 Å². The van der Waals surface area contributed by atoms with E-state index in [-0.39, 0.29) is 5.95 Å². The van der Waals surface area contributed by atoms with Crippen molar-refractivity contribution in [2.24, 2.45) is 0 Å². The standard InChI is InChI=1S/C18H13N7/c19-9-11-2-1-3-12(6-11)15-8-14(7-13-10-22-25-17(13)15)23-16-4-5-21-18(20)24-16/h1-8,10H,(H,22,25)(H3,20,21,23,24). The van der Waals surface area contributed by atoms with E-state index in [0.717, 1.165) is 27.7 Å². The second-order valence-corrected chi connectivity index (χ2v) is 5.48. The van der Waals surface area contributed by atoms with Gasteiger partial charge < -0.3 is 11.1 Å². The van der Waals surface area contributed by atoms with Crippen molar-refractivity contribution < 1.29 is 0 Å². The van der Waals surface area contributed by atoms with Gasteiger partial charge >= 0.3 is 0 Å². The van der Waals surface area contributed by atoms with Crippen molar-refractivity contribution in [3.63, 3.8) is 0 Å². The van der Waals surface area contributed by atoms with Gasteiger partial charge in [-0.2, -0.15) is 15.3 Å². The zero-order valence-corrected chi connectivity index (χ0v) is 13.1. The summed E-state index contributed by atoms with van der Waals surface area (Å²) < 4.78 is 0. The number of nitrogens with two attached hydrogens (primary N) is 1. The number of hydrogen-bond acceptors (Lipinski definition) is 6. The Kier molecular flexibility index (Phi) is 3.48. The summed E-state index contributed by atoms with van der Waals surface area (Å²) in [6, 6.07) is 15.3. The van der Waals surface area contributed by atoms with Crippen molar-refractivity contribution in [3.8, 4) is 17.2 Å². The number of rotatable bonds is 3. The summed E-state index contributed by atoms with van der Waals surface area (Å²) in [5, 5.41) is 20.5. The number of aromatic nitrogens is 4. The molecule has 4 N–H and O–H groups in total. The van der Waals surface area contributed by atoms with Crippen LogP contribution in [0.15, 0.2) is 54.9 Å². The van der Waals surface area contributed by atoms with E-state index in [2.05, 4.69) is 31.6 Å². The topological polar surface area (TPSA) is 116 Å². The first kappa shape index (κ1) is 14.7. The maximum Gasteiger partial charge on any atom is 0.221 e. The van der Waals surface area contributed by atoms with Crippen LogP contribution in [-0.2, 0) is 0 Å². The van der Waals surface area contributed by atoms with Crippen LogP contribution in [-0.4, -0.2) is 20.2 Å². The Labute approximate surface area is 143 Å². The average Bonchev–Trinajstić information content (AvgIpc) is 3.09. The summed E-state index contributed by atoms with van der Waals surface area (Å²) in [5.74, 6) is 0.809. The van der Waals surface area contributed by atoms with Crippen LogP contribution in [0.1, 0.15) is 5.56 Å². The third-order valence-corrected chi connectivity index (χ3v) is 3.80. The second kappa shape index (κ2) is 5.94. The van der Waals surface area contributed by atoms with E-state index in [9.17, 15) is 0 Å². The van der Waals surface area contributed by atoms with Crippen molar-refractivity contribution in [2.75, 3.05) is 11.1 Å². The van der Waals surface area contributed by atoms with Crippen LogP contribution in [0.4, 0.5) is 17.5 Å².